The van der Waals surface area contributed by atoms with Gasteiger partial charge in [0, 0.05) is 0 Å². The van der Waals surface area contributed by atoms with E-state index in [-0.39, 0.29) is 0 Å². The fourth-order valence-electron chi connectivity index (χ4n) is 11.4. The van der Waals surface area contributed by atoms with Gasteiger partial charge in [0.05, 0.1) is 0 Å². The number of aromatic nitrogens is 5. The summed E-state index contributed by atoms with van der Waals surface area (Å²) in [5, 5.41) is 10.00. The molecule has 0 fully saturated rings. The number of halogens is 1. The third kappa shape index (κ3) is 5.70. The van der Waals surface area contributed by atoms with Gasteiger partial charge in [-0.25, -0.2) is 0 Å². The van der Waals surface area contributed by atoms with Crippen LogP contribution in [0.1, 0.15) is 11.4 Å². The number of hydrogen-bond acceptors (Lipinski definition) is 1. The Kier molecular flexibility index (Phi) is 8.68. The average molecular weight is 985 g/mol. The van der Waals surface area contributed by atoms with E-state index in [0.717, 1.165) is 28.3 Å². The van der Waals surface area contributed by atoms with Crippen molar-refractivity contribution in [1.82, 2.24) is 23.3 Å². The SMILES string of the molecule is C[I-]c1cc(-n2c3ccccc3c3ccc(-n4c5ccccc5c5ccccc54)cc32)c(-c2cc(C)nc(C)c2)cc1-n1c2ccccc2c2ccc(-n3c4ccccc4c4ccccc43)cc21. The molecular weight excluding hydrogens is 942 g/mol. The van der Waals surface area contributed by atoms with Crippen molar-refractivity contribution in [1.29, 1.82) is 0 Å². The van der Waals surface area contributed by atoms with E-state index in [2.05, 4.69) is 243 Å². The summed E-state index contributed by atoms with van der Waals surface area (Å²) in [4.78, 5) is 7.30. The van der Waals surface area contributed by atoms with E-state index < -0.39 is 21.2 Å². The van der Waals surface area contributed by atoms with Crippen molar-refractivity contribution in [2.45, 2.75) is 13.8 Å². The summed E-state index contributed by atoms with van der Waals surface area (Å²) in [7, 11) is 0. The molecule has 0 aliphatic carbocycles. The maximum absolute atomic E-state index is 4.90. The summed E-state index contributed by atoms with van der Waals surface area (Å²) in [5.74, 6) is 0. The molecule has 0 atom stereocenters. The molecule has 0 aliphatic heterocycles. The third-order valence-corrected chi connectivity index (χ3v) is 16.2. The Morgan fingerprint density at radius 1 is 0.324 bits per heavy atom. The second-order valence-corrected chi connectivity index (χ2v) is 20.2. The van der Waals surface area contributed by atoms with Gasteiger partial charge in [-0.2, -0.15) is 0 Å². The van der Waals surface area contributed by atoms with Crippen molar-refractivity contribution in [2.75, 3.05) is 4.93 Å². The van der Waals surface area contributed by atoms with Crippen molar-refractivity contribution in [3.63, 3.8) is 0 Å². The van der Waals surface area contributed by atoms with E-state index in [1.807, 2.05) is 0 Å². The van der Waals surface area contributed by atoms with E-state index >= 15 is 0 Å². The molecule has 14 aromatic rings. The second kappa shape index (κ2) is 15.0. The third-order valence-electron chi connectivity index (χ3n) is 14.1. The summed E-state index contributed by atoms with van der Waals surface area (Å²) in [6.07, 6.45) is 0. The van der Waals surface area contributed by atoms with Crippen LogP contribution in [-0.2, 0) is 0 Å². The van der Waals surface area contributed by atoms with Gasteiger partial charge in [0.1, 0.15) is 0 Å². The Balaban J connectivity index is 1.07. The fraction of sp³-hybridized carbons (Fsp3) is 0.0484. The molecule has 5 heterocycles. The summed E-state index contributed by atoms with van der Waals surface area (Å²) in [6.45, 7) is 4.23. The van der Waals surface area contributed by atoms with Crippen LogP contribution in [0.2, 0.25) is 0 Å². The number of benzene rings is 9. The molecule has 0 unspecified atom stereocenters. The molecule has 5 nitrogen and oxygen atoms in total. The van der Waals surface area contributed by atoms with Crippen molar-refractivity contribution >= 4 is 87.2 Å². The van der Waals surface area contributed by atoms with Gasteiger partial charge < -0.3 is 0 Å². The predicted molar refractivity (Wildman–Crippen MR) is 281 cm³/mol. The molecule has 9 aromatic carbocycles. The van der Waals surface area contributed by atoms with Crippen LogP contribution in [0.5, 0.6) is 0 Å². The van der Waals surface area contributed by atoms with Crippen LogP contribution in [0, 0.1) is 17.4 Å². The van der Waals surface area contributed by atoms with Crippen LogP contribution in [0.15, 0.2) is 206 Å². The van der Waals surface area contributed by atoms with Crippen LogP contribution in [0.4, 0.5) is 0 Å². The number of rotatable bonds is 6. The van der Waals surface area contributed by atoms with Gasteiger partial charge in [-0.1, -0.05) is 0 Å². The van der Waals surface area contributed by atoms with Crippen molar-refractivity contribution in [2.24, 2.45) is 0 Å². The maximum atomic E-state index is 4.90. The number of fused-ring (bicyclic) bond motifs is 12. The van der Waals surface area contributed by atoms with Crippen LogP contribution >= 0.6 is 0 Å². The van der Waals surface area contributed by atoms with Gasteiger partial charge in [0.15, 0.2) is 0 Å². The summed E-state index contributed by atoms with van der Waals surface area (Å²) in [5.41, 5.74) is 18.6. The van der Waals surface area contributed by atoms with Gasteiger partial charge in [0.25, 0.3) is 0 Å². The van der Waals surface area contributed by atoms with Crippen molar-refractivity contribution in [3.05, 3.63) is 221 Å². The molecule has 5 aromatic heterocycles. The number of para-hydroxylation sites is 6. The number of nitrogens with zero attached hydrogens (tertiary/aromatic N) is 5. The molecule has 68 heavy (non-hydrogen) atoms. The number of aryl methyl sites for hydroxylation is 2. The molecule has 0 amide bonds. The summed E-state index contributed by atoms with van der Waals surface area (Å²) < 4.78 is 11.3. The van der Waals surface area contributed by atoms with E-state index in [0.29, 0.717) is 0 Å². The first-order valence-electron chi connectivity index (χ1n) is 23.2. The first kappa shape index (κ1) is 39.2. The standard InChI is InChI=1S/C62H43IN5/c1-38-32-40(33-39(2)64-38)51-36-62(68-58-27-15-9-21-48(58)50-31-29-42(35-60(50)68)66-55-24-12-6-18-45(55)46-19-7-13-25-56(46)66)52(63-3)37-61(51)67-57-26-14-8-20-47(57)49-30-28-41(34-59(49)67)65-53-22-10-4-16-43(53)44-17-5-11-23-54(44)65/h4-37H,1-3H3/q-1. The Morgan fingerprint density at radius 2 is 0.662 bits per heavy atom. The molecule has 0 bridgehead atoms. The number of pyridine rings is 1. The zero-order valence-electron chi connectivity index (χ0n) is 37.7. The normalized spacial score (nSPS) is 12.2. The molecule has 0 spiro atoms. The first-order chi connectivity index (χ1) is 33.5. The minimum absolute atomic E-state index is 0.436. The molecule has 14 rings (SSSR count). The molecule has 0 saturated heterocycles. The van der Waals surface area contributed by atoms with Gasteiger partial charge in [-0.15, -0.1) is 0 Å². The molecule has 0 radical (unpaired) electrons. The van der Waals surface area contributed by atoms with E-state index in [1.54, 1.807) is 0 Å². The van der Waals surface area contributed by atoms with Crippen LogP contribution < -0.4 is 21.2 Å². The Morgan fingerprint density at radius 3 is 1.04 bits per heavy atom. The zero-order chi connectivity index (χ0) is 45.2. The molecule has 0 saturated carbocycles. The monoisotopic (exact) mass is 984 g/mol. The van der Waals surface area contributed by atoms with E-state index in [4.69, 9.17) is 4.98 Å². The topological polar surface area (TPSA) is 32.6 Å². The second-order valence-electron chi connectivity index (χ2n) is 18.0. The molecule has 324 valence electrons. The van der Waals surface area contributed by atoms with Gasteiger partial charge in [0.2, 0.25) is 0 Å². The van der Waals surface area contributed by atoms with Crippen LogP contribution in [0.25, 0.3) is 121 Å². The average Bonchev–Trinajstić information content (AvgIpc) is 4.10. The van der Waals surface area contributed by atoms with Crippen molar-refractivity contribution in [3.8, 4) is 33.9 Å². The molecule has 0 aliphatic rings. The predicted octanol–water partition coefficient (Wildman–Crippen LogP) is 12.6. The van der Waals surface area contributed by atoms with Gasteiger partial charge in [-0.05, 0) is 0 Å². The molecular formula is C62H43IN5-. The zero-order valence-corrected chi connectivity index (χ0v) is 39.9. The first-order valence-corrected chi connectivity index (χ1v) is 26.4. The molecule has 0 N–H and O–H groups in total. The Labute approximate surface area is 403 Å². The van der Waals surface area contributed by atoms with Gasteiger partial charge in [-0.3, -0.25) is 0 Å². The molecule has 6 heteroatoms. The van der Waals surface area contributed by atoms with Crippen LogP contribution in [0.3, 0.4) is 0 Å². The quantitative estimate of drug-likeness (QED) is 0.121. The Hall–Kier alpha value is -7.94. The van der Waals surface area contributed by atoms with E-state index in [9.17, 15) is 0 Å². The summed E-state index contributed by atoms with van der Waals surface area (Å²) >= 11 is -0.436. The summed E-state index contributed by atoms with van der Waals surface area (Å²) in [6, 6.07) is 76.7. The fourth-order valence-corrected chi connectivity index (χ4v) is 13.0. The minimum atomic E-state index is -0.436. The Bertz CT molecular complexity index is 4280. The van der Waals surface area contributed by atoms with E-state index in [1.165, 1.54) is 108 Å². The van der Waals surface area contributed by atoms with Crippen LogP contribution in [-0.4, -0.2) is 28.2 Å². The number of hydrogen-bond donors (Lipinski definition) is 0. The van der Waals surface area contributed by atoms with Gasteiger partial charge >= 0.3 is 406 Å². The number of alkyl halides is 1. The van der Waals surface area contributed by atoms with Crippen molar-refractivity contribution < 1.29 is 21.2 Å².